The zero-order valence-corrected chi connectivity index (χ0v) is 29.4. The van der Waals surface area contributed by atoms with E-state index in [0.29, 0.717) is 11.8 Å². The number of ether oxygens (including phenoxy) is 2. The second kappa shape index (κ2) is 17.3. The van der Waals surface area contributed by atoms with Crippen LogP contribution in [0.5, 0.6) is 0 Å². The Morgan fingerprint density at radius 2 is 0.731 bits per heavy atom. The van der Waals surface area contributed by atoms with Crippen LogP contribution in [-0.2, 0) is 9.47 Å². The van der Waals surface area contributed by atoms with Crippen molar-refractivity contribution in [1.29, 1.82) is 0 Å². The highest BCUT2D eigenvalue weighted by atomic mass is 16.5. The molecule has 0 saturated heterocycles. The maximum atomic E-state index is 12.6. The van der Waals surface area contributed by atoms with Gasteiger partial charge in [-0.3, -0.25) is 9.59 Å². The predicted octanol–water partition coefficient (Wildman–Crippen LogP) is 9.21. The average molecular weight is 691 g/mol. The van der Waals surface area contributed by atoms with Gasteiger partial charge in [-0.2, -0.15) is 0 Å². The highest BCUT2D eigenvalue weighted by molar-refractivity contribution is 5.29. The smallest absolute Gasteiger partial charge is 0.251 e. The van der Waals surface area contributed by atoms with Crippen LogP contribution < -0.4 is 11.1 Å². The predicted molar refractivity (Wildman–Crippen MR) is 206 cm³/mol. The number of aromatic nitrogens is 2. The third kappa shape index (κ3) is 9.13. The van der Waals surface area contributed by atoms with E-state index in [-0.39, 0.29) is 35.4 Å². The van der Waals surface area contributed by atoms with E-state index in [9.17, 15) is 9.59 Å². The van der Waals surface area contributed by atoms with Crippen molar-refractivity contribution in [2.24, 2.45) is 11.8 Å². The first-order valence-electron chi connectivity index (χ1n) is 18.4. The van der Waals surface area contributed by atoms with E-state index < -0.39 is 0 Å². The van der Waals surface area contributed by atoms with Crippen molar-refractivity contribution in [2.45, 2.75) is 50.0 Å². The van der Waals surface area contributed by atoms with Gasteiger partial charge in [-0.15, -0.1) is 0 Å². The van der Waals surface area contributed by atoms with E-state index in [1.807, 2.05) is 97.3 Å². The van der Waals surface area contributed by atoms with Gasteiger partial charge < -0.3 is 18.6 Å². The van der Waals surface area contributed by atoms with E-state index >= 15 is 0 Å². The van der Waals surface area contributed by atoms with Crippen LogP contribution in [0.3, 0.4) is 0 Å². The first-order chi connectivity index (χ1) is 25.7. The minimum atomic E-state index is -0.209. The number of nitrogens with zero attached hydrogens (tertiary/aromatic N) is 2. The lowest BCUT2D eigenvalue weighted by Gasteiger charge is -2.30. The van der Waals surface area contributed by atoms with Crippen LogP contribution in [0.25, 0.3) is 0 Å². The van der Waals surface area contributed by atoms with E-state index in [1.165, 1.54) is 25.7 Å². The van der Waals surface area contributed by atoms with Crippen LogP contribution >= 0.6 is 0 Å². The second-order valence-electron chi connectivity index (χ2n) is 13.8. The molecule has 0 spiro atoms. The van der Waals surface area contributed by atoms with Crippen LogP contribution in [0, 0.1) is 11.8 Å². The second-order valence-corrected chi connectivity index (χ2v) is 13.8. The molecule has 0 bridgehead atoms. The molecule has 0 amide bonds. The monoisotopic (exact) mass is 690 g/mol. The number of hydrogen-bond acceptors (Lipinski definition) is 4. The quantitative estimate of drug-likeness (QED) is 0.114. The summed E-state index contributed by atoms with van der Waals surface area (Å²) in [6.07, 6.45) is 8.25. The van der Waals surface area contributed by atoms with E-state index in [0.717, 1.165) is 35.5 Å². The maximum Gasteiger partial charge on any atom is 0.251 e. The topological polar surface area (TPSA) is 62.5 Å². The van der Waals surface area contributed by atoms with Crippen LogP contribution in [-0.4, -0.2) is 22.3 Å². The Morgan fingerprint density at radius 1 is 0.423 bits per heavy atom. The van der Waals surface area contributed by atoms with Crippen LogP contribution in [0.1, 0.15) is 72.2 Å². The van der Waals surface area contributed by atoms with Gasteiger partial charge >= 0.3 is 0 Å². The number of rotatable bonds is 14. The van der Waals surface area contributed by atoms with Crippen LogP contribution in [0.15, 0.2) is 180 Å². The summed E-state index contributed by atoms with van der Waals surface area (Å²) in [6, 6.07) is 51.0. The largest absolute Gasteiger partial charge is 0.371 e. The summed E-state index contributed by atoms with van der Waals surface area (Å²) in [5, 5.41) is 0. The number of hydrogen-bond donors (Lipinski definition) is 0. The number of pyridine rings is 2. The molecule has 6 nitrogen and oxygen atoms in total. The Bertz CT molecular complexity index is 1920. The lowest BCUT2D eigenvalue weighted by Crippen LogP contribution is -2.30. The summed E-state index contributed by atoms with van der Waals surface area (Å²) in [6.45, 7) is 1.48. The molecule has 0 unspecified atom stereocenters. The van der Waals surface area contributed by atoms with Gasteiger partial charge in [0.05, 0.1) is 25.3 Å². The summed E-state index contributed by atoms with van der Waals surface area (Å²) >= 11 is 0. The van der Waals surface area contributed by atoms with Crippen LogP contribution in [0.4, 0.5) is 0 Å². The molecule has 2 aliphatic rings. The van der Waals surface area contributed by atoms with E-state index in [2.05, 4.69) is 48.5 Å². The maximum absolute atomic E-state index is 12.6. The molecule has 264 valence electrons. The molecular weight excluding hydrogens is 645 g/mol. The number of benzene rings is 4. The summed E-state index contributed by atoms with van der Waals surface area (Å²) in [4.78, 5) is 25.3. The highest BCUT2D eigenvalue weighted by Gasteiger charge is 2.32. The Morgan fingerprint density at radius 3 is 1.04 bits per heavy atom. The Hall–Kier alpha value is -5.30. The molecule has 4 aromatic carbocycles. The molecule has 6 heteroatoms. The van der Waals surface area contributed by atoms with E-state index in [4.69, 9.17) is 9.47 Å². The van der Waals surface area contributed by atoms with Crippen molar-refractivity contribution in [1.82, 2.24) is 9.13 Å². The van der Waals surface area contributed by atoms with E-state index in [1.54, 1.807) is 33.4 Å². The molecule has 0 aliphatic heterocycles. The zero-order chi connectivity index (χ0) is 35.5. The van der Waals surface area contributed by atoms with Gasteiger partial charge in [-0.05, 0) is 71.9 Å². The molecule has 2 fully saturated rings. The lowest BCUT2D eigenvalue weighted by molar-refractivity contribution is 0.0182. The molecule has 0 N–H and O–H groups in total. The molecule has 6 aromatic rings. The first kappa shape index (κ1) is 35.1. The molecule has 8 rings (SSSR count). The van der Waals surface area contributed by atoms with Crippen molar-refractivity contribution in [2.75, 3.05) is 13.2 Å². The van der Waals surface area contributed by atoms with Gasteiger partial charge in [0.25, 0.3) is 11.1 Å². The molecule has 4 atom stereocenters. The van der Waals surface area contributed by atoms with Crippen LogP contribution in [0.2, 0.25) is 0 Å². The highest BCUT2D eigenvalue weighted by Crippen LogP contribution is 2.39. The van der Waals surface area contributed by atoms with Gasteiger partial charge in [0.1, 0.15) is 12.2 Å². The third-order valence-electron chi connectivity index (χ3n) is 9.83. The molecular formula is C46H46N2O4. The molecule has 0 radical (unpaired) electrons. The third-order valence-corrected chi connectivity index (χ3v) is 9.83. The summed E-state index contributed by atoms with van der Waals surface area (Å²) < 4.78 is 16.4. The fraction of sp³-hybridized carbons (Fsp3) is 0.261. The SMILES string of the molecule is O=c1ccccn1[C@@H](c1ccccc1)[C@@H](OCC1CC1)c1ccccc1.O=c1ccccn1[C@H](c1ccccc1)[C@H](OCC1CC1)c1ccccc1. The van der Waals surface area contributed by atoms with Crippen molar-refractivity contribution in [3.05, 3.63) is 213 Å². The minimum absolute atomic E-state index is 0.0164. The van der Waals surface area contributed by atoms with Crippen molar-refractivity contribution >= 4 is 0 Å². The van der Waals surface area contributed by atoms with Crippen molar-refractivity contribution < 1.29 is 9.47 Å². The van der Waals surface area contributed by atoms with Gasteiger partial charge in [0, 0.05) is 24.5 Å². The minimum Gasteiger partial charge on any atom is -0.371 e. The van der Waals surface area contributed by atoms with Crippen molar-refractivity contribution in [3.8, 4) is 0 Å². The molecule has 2 heterocycles. The first-order valence-corrected chi connectivity index (χ1v) is 18.4. The van der Waals surface area contributed by atoms with Gasteiger partial charge in [-0.1, -0.05) is 133 Å². The average Bonchev–Trinajstić information content (AvgIpc) is 4.15. The standard InChI is InChI=1S/2C23H23NO2/c2*25-21-13-7-8-16-24(21)22(19-9-3-1-4-10-19)23(26-17-18-14-15-18)20-11-5-2-6-12-20/h2*1-13,16,18,22-23H,14-15,17H2/t2*22-,23-/m10/s1. The lowest BCUT2D eigenvalue weighted by atomic mass is 9.95. The molecule has 2 aromatic heterocycles. The fourth-order valence-electron chi connectivity index (χ4n) is 6.68. The summed E-state index contributed by atoms with van der Waals surface area (Å²) in [7, 11) is 0. The fourth-order valence-corrected chi connectivity index (χ4v) is 6.68. The normalized spacial score (nSPS) is 16.2. The molecule has 52 heavy (non-hydrogen) atoms. The van der Waals surface area contributed by atoms with Gasteiger partial charge in [0.2, 0.25) is 0 Å². The Labute approximate surface area is 305 Å². The summed E-state index contributed by atoms with van der Waals surface area (Å²) in [5.41, 5.74) is 4.31. The Kier molecular flexibility index (Phi) is 11.7. The van der Waals surface area contributed by atoms with Gasteiger partial charge in [-0.25, -0.2) is 0 Å². The zero-order valence-electron chi connectivity index (χ0n) is 29.4. The van der Waals surface area contributed by atoms with Gasteiger partial charge in [0.15, 0.2) is 0 Å². The molecule has 2 aliphatic carbocycles. The Balaban J connectivity index is 0.000000162. The van der Waals surface area contributed by atoms with Crippen molar-refractivity contribution in [3.63, 3.8) is 0 Å². The molecule has 2 saturated carbocycles. The summed E-state index contributed by atoms with van der Waals surface area (Å²) in [5.74, 6) is 1.32.